The molecule has 0 aliphatic carbocycles. The largest absolute Gasteiger partial charge is 0.389 e. The third-order valence-corrected chi connectivity index (χ3v) is 3.15. The average Bonchev–Trinajstić information content (AvgIpc) is 2.38. The topological polar surface area (TPSA) is 58.4 Å². The Kier molecular flexibility index (Phi) is 6.45. The lowest BCUT2D eigenvalue weighted by Crippen LogP contribution is -2.21. The molecule has 1 rings (SSSR count). The molecule has 4 nitrogen and oxygen atoms in total. The van der Waals surface area contributed by atoms with E-state index in [0.717, 1.165) is 30.8 Å². The molecule has 0 radical (unpaired) electrons. The molecule has 0 aliphatic rings. The lowest BCUT2D eigenvalue weighted by atomic mass is 10.2. The number of thiocarbonyl (C=S) groups is 1. The second-order valence-electron chi connectivity index (χ2n) is 4.49. The molecule has 0 aromatic heterocycles. The van der Waals surface area contributed by atoms with Gasteiger partial charge in [-0.3, -0.25) is 4.79 Å². The van der Waals surface area contributed by atoms with Crippen LogP contribution in [0.25, 0.3) is 0 Å². The summed E-state index contributed by atoms with van der Waals surface area (Å²) in [5, 5.41) is 2.86. The highest BCUT2D eigenvalue weighted by Gasteiger charge is 2.04. The van der Waals surface area contributed by atoms with Crippen LogP contribution < -0.4 is 11.1 Å². The quantitative estimate of drug-likeness (QED) is 0.749. The zero-order valence-corrected chi connectivity index (χ0v) is 12.3. The molecular weight excluding hydrogens is 258 g/mol. The van der Waals surface area contributed by atoms with E-state index in [-0.39, 0.29) is 5.91 Å². The second-order valence-corrected chi connectivity index (χ2v) is 4.93. The number of nitrogens with zero attached hydrogens (tertiary/aromatic N) is 1. The van der Waals surface area contributed by atoms with Gasteiger partial charge in [0.1, 0.15) is 4.99 Å². The predicted molar refractivity (Wildman–Crippen MR) is 83.4 cm³/mol. The molecule has 0 saturated heterocycles. The van der Waals surface area contributed by atoms with Gasteiger partial charge in [0.2, 0.25) is 5.91 Å². The number of rotatable bonds is 7. The van der Waals surface area contributed by atoms with Gasteiger partial charge < -0.3 is 16.0 Å². The summed E-state index contributed by atoms with van der Waals surface area (Å²) < 4.78 is 0. The third-order valence-electron chi connectivity index (χ3n) is 2.91. The van der Waals surface area contributed by atoms with E-state index in [9.17, 15) is 4.79 Å². The summed E-state index contributed by atoms with van der Waals surface area (Å²) in [6.45, 7) is 4.02. The fourth-order valence-corrected chi connectivity index (χ4v) is 1.77. The normalized spacial score (nSPS) is 10.5. The van der Waals surface area contributed by atoms with E-state index in [1.807, 2.05) is 25.2 Å². The maximum atomic E-state index is 11.8. The van der Waals surface area contributed by atoms with E-state index >= 15 is 0 Å². The van der Waals surface area contributed by atoms with Crippen LogP contribution in [0.3, 0.4) is 0 Å². The molecule has 0 unspecified atom stereocenters. The zero-order chi connectivity index (χ0) is 14.3. The van der Waals surface area contributed by atoms with Gasteiger partial charge in [0.05, 0.1) is 0 Å². The molecule has 5 heteroatoms. The van der Waals surface area contributed by atoms with Gasteiger partial charge in [-0.1, -0.05) is 31.3 Å². The highest BCUT2D eigenvalue weighted by molar-refractivity contribution is 7.80. The summed E-state index contributed by atoms with van der Waals surface area (Å²) in [5.74, 6) is 0.0181. The van der Waals surface area contributed by atoms with Crippen LogP contribution in [0.5, 0.6) is 0 Å². The van der Waals surface area contributed by atoms with Crippen LogP contribution in [0.4, 0.5) is 5.69 Å². The number of hydrogen-bond donors (Lipinski definition) is 2. The van der Waals surface area contributed by atoms with Gasteiger partial charge in [-0.25, -0.2) is 0 Å². The van der Waals surface area contributed by atoms with Crippen molar-refractivity contribution >= 4 is 28.8 Å². The molecule has 104 valence electrons. The fourth-order valence-electron chi connectivity index (χ4n) is 1.64. The number of hydrogen-bond acceptors (Lipinski definition) is 3. The standard InChI is InChI=1S/C14H21N3OS/c1-3-17(2)9-5-8-13(18)16-12-7-4-6-11(10-12)14(15)19/h4,6-7,10H,3,5,8-9H2,1-2H3,(H2,15,19)(H,16,18). The predicted octanol–water partition coefficient (Wildman–Crippen LogP) is 1.99. The average molecular weight is 279 g/mol. The number of nitrogens with one attached hydrogen (secondary N) is 1. The van der Waals surface area contributed by atoms with Crippen molar-refractivity contribution in [2.24, 2.45) is 5.73 Å². The van der Waals surface area contributed by atoms with Gasteiger partial charge in [0.25, 0.3) is 0 Å². The number of carbonyl (C=O) groups is 1. The summed E-state index contributed by atoms with van der Waals surface area (Å²) in [7, 11) is 2.05. The minimum atomic E-state index is 0.0181. The van der Waals surface area contributed by atoms with E-state index in [1.165, 1.54) is 0 Å². The van der Waals surface area contributed by atoms with E-state index in [4.69, 9.17) is 18.0 Å². The molecule has 0 heterocycles. The third kappa shape index (κ3) is 5.81. The van der Waals surface area contributed by atoms with Gasteiger partial charge in [-0.2, -0.15) is 0 Å². The van der Waals surface area contributed by atoms with Crippen molar-refractivity contribution in [2.75, 3.05) is 25.5 Å². The maximum Gasteiger partial charge on any atom is 0.224 e. The van der Waals surface area contributed by atoms with Crippen molar-refractivity contribution in [3.05, 3.63) is 29.8 Å². The van der Waals surface area contributed by atoms with Gasteiger partial charge in [0.15, 0.2) is 0 Å². The van der Waals surface area contributed by atoms with Gasteiger partial charge >= 0.3 is 0 Å². The lowest BCUT2D eigenvalue weighted by Gasteiger charge is -2.13. The Morgan fingerprint density at radius 1 is 1.47 bits per heavy atom. The molecule has 1 aromatic rings. The maximum absolute atomic E-state index is 11.8. The number of nitrogens with two attached hydrogens (primary N) is 1. The smallest absolute Gasteiger partial charge is 0.224 e. The highest BCUT2D eigenvalue weighted by Crippen LogP contribution is 2.11. The second kappa shape index (κ2) is 7.86. The minimum absolute atomic E-state index is 0.0181. The van der Waals surface area contributed by atoms with Gasteiger partial charge in [-0.05, 0) is 38.7 Å². The summed E-state index contributed by atoms with van der Waals surface area (Å²) >= 11 is 4.91. The van der Waals surface area contributed by atoms with Crippen molar-refractivity contribution in [2.45, 2.75) is 19.8 Å². The SMILES string of the molecule is CCN(C)CCCC(=O)Nc1cccc(C(N)=S)c1. The summed E-state index contributed by atoms with van der Waals surface area (Å²) in [6.07, 6.45) is 1.37. The molecule has 0 bridgehead atoms. The van der Waals surface area contributed by atoms with Crippen LogP contribution in [-0.2, 0) is 4.79 Å². The van der Waals surface area contributed by atoms with Crippen LogP contribution in [0.15, 0.2) is 24.3 Å². The first-order chi connectivity index (χ1) is 9.02. The summed E-state index contributed by atoms with van der Waals surface area (Å²) in [4.78, 5) is 14.3. The van der Waals surface area contributed by atoms with Crippen molar-refractivity contribution in [3.63, 3.8) is 0 Å². The van der Waals surface area contributed by atoms with Gasteiger partial charge in [0, 0.05) is 17.7 Å². The first-order valence-electron chi connectivity index (χ1n) is 6.41. The van der Waals surface area contributed by atoms with Crippen LogP contribution >= 0.6 is 12.2 Å². The molecule has 0 saturated carbocycles. The van der Waals surface area contributed by atoms with E-state index in [0.29, 0.717) is 11.4 Å². The number of benzene rings is 1. The first kappa shape index (κ1) is 15.6. The Hall–Kier alpha value is -1.46. The number of anilines is 1. The Morgan fingerprint density at radius 3 is 2.84 bits per heavy atom. The van der Waals surface area contributed by atoms with Crippen molar-refractivity contribution < 1.29 is 4.79 Å². The molecule has 0 spiro atoms. The number of carbonyl (C=O) groups excluding carboxylic acids is 1. The fraction of sp³-hybridized carbons (Fsp3) is 0.429. The Balaban J connectivity index is 2.44. The minimum Gasteiger partial charge on any atom is -0.389 e. The molecule has 1 amide bonds. The van der Waals surface area contributed by atoms with Crippen molar-refractivity contribution in [3.8, 4) is 0 Å². The Morgan fingerprint density at radius 2 is 2.21 bits per heavy atom. The molecule has 0 atom stereocenters. The molecule has 19 heavy (non-hydrogen) atoms. The molecule has 0 aliphatic heterocycles. The Bertz CT molecular complexity index is 448. The summed E-state index contributed by atoms with van der Waals surface area (Å²) in [5.41, 5.74) is 7.05. The number of amides is 1. The van der Waals surface area contributed by atoms with Gasteiger partial charge in [-0.15, -0.1) is 0 Å². The monoisotopic (exact) mass is 279 g/mol. The zero-order valence-electron chi connectivity index (χ0n) is 11.5. The molecule has 1 aromatic carbocycles. The van der Waals surface area contributed by atoms with Crippen molar-refractivity contribution in [1.82, 2.24) is 4.90 Å². The van der Waals surface area contributed by atoms with Crippen LogP contribution in [0, 0.1) is 0 Å². The van der Waals surface area contributed by atoms with Crippen LogP contribution in [0.1, 0.15) is 25.3 Å². The van der Waals surface area contributed by atoms with Crippen LogP contribution in [0.2, 0.25) is 0 Å². The van der Waals surface area contributed by atoms with Crippen LogP contribution in [-0.4, -0.2) is 35.9 Å². The van der Waals surface area contributed by atoms with E-state index < -0.39 is 0 Å². The summed E-state index contributed by atoms with van der Waals surface area (Å²) in [6, 6.07) is 7.28. The van der Waals surface area contributed by atoms with E-state index in [1.54, 1.807) is 6.07 Å². The highest BCUT2D eigenvalue weighted by atomic mass is 32.1. The van der Waals surface area contributed by atoms with Crippen molar-refractivity contribution in [1.29, 1.82) is 0 Å². The van der Waals surface area contributed by atoms with E-state index in [2.05, 4.69) is 17.1 Å². The molecule has 3 N–H and O–H groups in total. The first-order valence-corrected chi connectivity index (χ1v) is 6.82. The lowest BCUT2D eigenvalue weighted by molar-refractivity contribution is -0.116. The molecule has 0 fully saturated rings. The molecular formula is C14H21N3OS. The Labute approximate surface area is 120 Å².